The first-order valence-electron chi connectivity index (χ1n) is 6.35. The molecule has 0 spiro atoms. The predicted octanol–water partition coefficient (Wildman–Crippen LogP) is 3.25. The second-order valence-corrected chi connectivity index (χ2v) is 4.86. The molecule has 2 N–H and O–H groups in total. The molecule has 0 atom stereocenters. The topological polar surface area (TPSA) is 43.8 Å². The summed E-state index contributed by atoms with van der Waals surface area (Å²) in [6, 6.07) is 8.17. The highest BCUT2D eigenvalue weighted by molar-refractivity contribution is 5.43. The van der Waals surface area contributed by atoms with E-state index in [4.69, 9.17) is 5.73 Å². The van der Waals surface area contributed by atoms with Crippen molar-refractivity contribution < 1.29 is 4.39 Å². The third kappa shape index (κ3) is 1.98. The summed E-state index contributed by atoms with van der Waals surface area (Å²) in [4.78, 5) is 0. The number of halogens is 1. The number of rotatable bonds is 2. The van der Waals surface area contributed by atoms with E-state index < -0.39 is 0 Å². The maximum atomic E-state index is 12.9. The molecule has 3 rings (SSSR count). The molecule has 1 aromatic carbocycles. The van der Waals surface area contributed by atoms with Crippen LogP contribution in [0, 0.1) is 5.82 Å². The van der Waals surface area contributed by atoms with E-state index in [1.807, 2.05) is 6.07 Å². The number of anilines is 1. The molecule has 1 saturated carbocycles. The van der Waals surface area contributed by atoms with Crippen LogP contribution in [-0.2, 0) is 0 Å². The second-order valence-electron chi connectivity index (χ2n) is 4.86. The molecular formula is C14H16FN3. The SMILES string of the molecule is Nc1cc(C2CCCC2)nn1-c1ccc(F)cc1. The molecule has 1 heterocycles. The number of aromatic nitrogens is 2. The molecule has 0 amide bonds. The van der Waals surface area contributed by atoms with Gasteiger partial charge in [-0.2, -0.15) is 5.10 Å². The molecule has 1 fully saturated rings. The van der Waals surface area contributed by atoms with Crippen LogP contribution in [0.5, 0.6) is 0 Å². The molecule has 18 heavy (non-hydrogen) atoms. The van der Waals surface area contributed by atoms with Crippen LogP contribution in [0.3, 0.4) is 0 Å². The van der Waals surface area contributed by atoms with Crippen molar-refractivity contribution in [3.8, 4) is 5.69 Å². The van der Waals surface area contributed by atoms with E-state index in [0.29, 0.717) is 11.7 Å². The standard InChI is InChI=1S/C14H16FN3/c15-11-5-7-12(8-6-11)18-14(16)9-13(17-18)10-3-1-2-4-10/h5-10H,1-4,16H2. The van der Waals surface area contributed by atoms with Gasteiger partial charge < -0.3 is 5.73 Å². The molecule has 0 radical (unpaired) electrons. The van der Waals surface area contributed by atoms with Gasteiger partial charge in [-0.15, -0.1) is 0 Å². The average molecular weight is 245 g/mol. The van der Waals surface area contributed by atoms with Gasteiger partial charge in [0.2, 0.25) is 0 Å². The molecule has 1 aliphatic carbocycles. The third-order valence-corrected chi connectivity index (χ3v) is 3.60. The number of hydrogen-bond acceptors (Lipinski definition) is 2. The van der Waals surface area contributed by atoms with Crippen molar-refractivity contribution in [1.82, 2.24) is 9.78 Å². The van der Waals surface area contributed by atoms with E-state index in [1.54, 1.807) is 16.8 Å². The molecule has 0 aliphatic heterocycles. The first-order valence-corrected chi connectivity index (χ1v) is 6.35. The minimum atomic E-state index is -0.250. The lowest BCUT2D eigenvalue weighted by molar-refractivity contribution is 0.626. The zero-order valence-electron chi connectivity index (χ0n) is 10.1. The number of nitrogens with zero attached hydrogens (tertiary/aromatic N) is 2. The Morgan fingerprint density at radius 1 is 1.17 bits per heavy atom. The van der Waals surface area contributed by atoms with Gasteiger partial charge in [0, 0.05) is 12.0 Å². The average Bonchev–Trinajstić information content (AvgIpc) is 2.99. The van der Waals surface area contributed by atoms with Crippen LogP contribution in [0.4, 0.5) is 10.2 Å². The van der Waals surface area contributed by atoms with Gasteiger partial charge >= 0.3 is 0 Å². The summed E-state index contributed by atoms with van der Waals surface area (Å²) in [5, 5.41) is 4.56. The van der Waals surface area contributed by atoms with Crippen LogP contribution < -0.4 is 5.73 Å². The van der Waals surface area contributed by atoms with Crippen molar-refractivity contribution >= 4 is 5.82 Å². The summed E-state index contributed by atoms with van der Waals surface area (Å²) in [6.45, 7) is 0. The Balaban J connectivity index is 1.94. The van der Waals surface area contributed by atoms with Crippen molar-refractivity contribution in [2.24, 2.45) is 0 Å². The Labute approximate surface area is 105 Å². The molecule has 3 nitrogen and oxygen atoms in total. The zero-order valence-corrected chi connectivity index (χ0v) is 10.1. The molecular weight excluding hydrogens is 229 g/mol. The van der Waals surface area contributed by atoms with E-state index in [-0.39, 0.29) is 5.82 Å². The monoisotopic (exact) mass is 245 g/mol. The fourth-order valence-corrected chi connectivity index (χ4v) is 2.62. The number of benzene rings is 1. The van der Waals surface area contributed by atoms with Gasteiger partial charge in [-0.25, -0.2) is 9.07 Å². The summed E-state index contributed by atoms with van der Waals surface area (Å²) < 4.78 is 14.6. The molecule has 0 unspecified atom stereocenters. The summed E-state index contributed by atoms with van der Waals surface area (Å²) in [6.07, 6.45) is 4.93. The Kier molecular flexibility index (Phi) is 2.78. The maximum Gasteiger partial charge on any atom is 0.127 e. The van der Waals surface area contributed by atoms with Crippen LogP contribution in [-0.4, -0.2) is 9.78 Å². The summed E-state index contributed by atoms with van der Waals surface area (Å²) in [5.41, 5.74) is 7.85. The largest absolute Gasteiger partial charge is 0.384 e. The Morgan fingerprint density at radius 2 is 1.83 bits per heavy atom. The van der Waals surface area contributed by atoms with Crippen molar-refractivity contribution in [2.75, 3.05) is 5.73 Å². The number of hydrogen-bond donors (Lipinski definition) is 1. The van der Waals surface area contributed by atoms with Crippen molar-refractivity contribution in [3.63, 3.8) is 0 Å². The third-order valence-electron chi connectivity index (χ3n) is 3.60. The molecule has 4 heteroatoms. The van der Waals surface area contributed by atoms with Gasteiger partial charge in [0.1, 0.15) is 11.6 Å². The lowest BCUT2D eigenvalue weighted by Crippen LogP contribution is -2.02. The van der Waals surface area contributed by atoms with E-state index >= 15 is 0 Å². The van der Waals surface area contributed by atoms with E-state index in [2.05, 4.69) is 5.10 Å². The van der Waals surface area contributed by atoms with Crippen LogP contribution in [0.25, 0.3) is 5.69 Å². The predicted molar refractivity (Wildman–Crippen MR) is 69.1 cm³/mol. The van der Waals surface area contributed by atoms with Crippen molar-refractivity contribution in [1.29, 1.82) is 0 Å². The van der Waals surface area contributed by atoms with Gasteiger partial charge in [0.05, 0.1) is 11.4 Å². The first-order chi connectivity index (χ1) is 8.74. The highest BCUT2D eigenvalue weighted by Crippen LogP contribution is 2.34. The summed E-state index contributed by atoms with van der Waals surface area (Å²) >= 11 is 0. The number of nitrogen functional groups attached to an aromatic ring is 1. The highest BCUT2D eigenvalue weighted by Gasteiger charge is 2.20. The molecule has 94 valence electrons. The van der Waals surface area contributed by atoms with Gasteiger partial charge in [0.25, 0.3) is 0 Å². The second kappa shape index (κ2) is 4.44. The normalized spacial score (nSPS) is 16.3. The van der Waals surface area contributed by atoms with E-state index in [1.165, 1.54) is 37.8 Å². The Morgan fingerprint density at radius 3 is 2.50 bits per heavy atom. The van der Waals surface area contributed by atoms with Crippen molar-refractivity contribution in [3.05, 3.63) is 41.8 Å². The Hall–Kier alpha value is -1.84. The van der Waals surface area contributed by atoms with Gasteiger partial charge in [0.15, 0.2) is 0 Å². The quantitative estimate of drug-likeness (QED) is 0.882. The van der Waals surface area contributed by atoms with Crippen molar-refractivity contribution in [2.45, 2.75) is 31.6 Å². The fourth-order valence-electron chi connectivity index (χ4n) is 2.62. The maximum absolute atomic E-state index is 12.9. The van der Waals surface area contributed by atoms with Gasteiger partial charge in [-0.3, -0.25) is 0 Å². The number of nitrogens with two attached hydrogens (primary N) is 1. The first kappa shape index (κ1) is 11.3. The minimum absolute atomic E-state index is 0.250. The zero-order chi connectivity index (χ0) is 12.5. The molecule has 1 aromatic heterocycles. The molecule has 0 bridgehead atoms. The highest BCUT2D eigenvalue weighted by atomic mass is 19.1. The fraction of sp³-hybridized carbons (Fsp3) is 0.357. The minimum Gasteiger partial charge on any atom is -0.384 e. The van der Waals surface area contributed by atoms with E-state index in [0.717, 1.165) is 11.4 Å². The summed E-state index contributed by atoms with van der Waals surface area (Å²) in [7, 11) is 0. The van der Waals surface area contributed by atoms with Crippen LogP contribution in [0.15, 0.2) is 30.3 Å². The van der Waals surface area contributed by atoms with Crippen LogP contribution in [0.1, 0.15) is 37.3 Å². The van der Waals surface area contributed by atoms with E-state index in [9.17, 15) is 4.39 Å². The molecule has 1 aliphatic rings. The lowest BCUT2D eigenvalue weighted by atomic mass is 10.1. The van der Waals surface area contributed by atoms with Crippen LogP contribution >= 0.6 is 0 Å². The summed E-state index contributed by atoms with van der Waals surface area (Å²) in [5.74, 6) is 0.901. The lowest BCUT2D eigenvalue weighted by Gasteiger charge is -2.05. The molecule has 0 saturated heterocycles. The van der Waals surface area contributed by atoms with Gasteiger partial charge in [-0.1, -0.05) is 12.8 Å². The Bertz CT molecular complexity index is 539. The van der Waals surface area contributed by atoms with Gasteiger partial charge in [-0.05, 0) is 37.1 Å². The smallest absolute Gasteiger partial charge is 0.127 e. The molecule has 2 aromatic rings. The van der Waals surface area contributed by atoms with Crippen LogP contribution in [0.2, 0.25) is 0 Å².